The molecule has 6 heteroatoms. The topological polar surface area (TPSA) is 98.7 Å². The van der Waals surface area contributed by atoms with Gasteiger partial charge in [-0.25, -0.2) is 4.79 Å². The number of carbonyl (C=O) groups is 2. The van der Waals surface area contributed by atoms with E-state index in [0.29, 0.717) is 0 Å². The van der Waals surface area contributed by atoms with Crippen molar-refractivity contribution in [3.05, 3.63) is 0 Å². The van der Waals surface area contributed by atoms with Crippen LogP contribution in [0.3, 0.4) is 0 Å². The number of carbonyl (C=O) groups excluding carboxylic acids is 1. The molecule has 0 heterocycles. The molecule has 0 saturated carbocycles. The number of hydrogen-bond acceptors (Lipinski definition) is 4. The van der Waals surface area contributed by atoms with Crippen molar-refractivity contribution in [2.45, 2.75) is 38.8 Å². The predicted octanol–water partition coefficient (Wildman–Crippen LogP) is -0.674. The summed E-state index contributed by atoms with van der Waals surface area (Å²) in [4.78, 5) is 21.8. The monoisotopic (exact) mass is 232 g/mol. The Bertz CT molecular complexity index is 268. The molecule has 0 rings (SSSR count). The van der Waals surface area contributed by atoms with Crippen LogP contribution in [0, 0.1) is 0 Å². The summed E-state index contributed by atoms with van der Waals surface area (Å²) in [5.74, 6) is -1.56. The minimum Gasteiger partial charge on any atom is -0.479 e. The van der Waals surface area contributed by atoms with E-state index in [0.717, 1.165) is 0 Å². The number of hydrogen-bond donors (Lipinski definition) is 4. The molecule has 94 valence electrons. The van der Waals surface area contributed by atoms with Crippen molar-refractivity contribution in [3.8, 4) is 0 Å². The zero-order chi connectivity index (χ0) is 13.0. The molecule has 1 amide bonds. The van der Waals surface area contributed by atoms with E-state index >= 15 is 0 Å². The fourth-order valence-corrected chi connectivity index (χ4v) is 0.957. The number of aliphatic carboxylic acids is 1. The Balaban J connectivity index is 3.92. The van der Waals surface area contributed by atoms with Gasteiger partial charge in [0, 0.05) is 12.1 Å². The summed E-state index contributed by atoms with van der Waals surface area (Å²) in [6, 6.07) is 0. The second-order valence-corrected chi connectivity index (χ2v) is 4.98. The van der Waals surface area contributed by atoms with Crippen LogP contribution in [0.2, 0.25) is 0 Å². The van der Waals surface area contributed by atoms with Crippen LogP contribution in [0.1, 0.15) is 27.7 Å². The number of nitrogens with one attached hydrogen (secondary N) is 2. The molecule has 0 aromatic rings. The van der Waals surface area contributed by atoms with E-state index in [1.807, 2.05) is 20.8 Å². The standard InChI is InChI=1S/C10H20N2O4/c1-9(2,3)12-7(13)5-11-6-10(4,16)8(14)15/h11,16H,5-6H2,1-4H3,(H,12,13)(H,14,15). The van der Waals surface area contributed by atoms with Crippen molar-refractivity contribution in [3.63, 3.8) is 0 Å². The van der Waals surface area contributed by atoms with Gasteiger partial charge in [-0.2, -0.15) is 0 Å². The highest BCUT2D eigenvalue weighted by Gasteiger charge is 2.29. The maximum Gasteiger partial charge on any atom is 0.336 e. The van der Waals surface area contributed by atoms with E-state index < -0.39 is 11.6 Å². The van der Waals surface area contributed by atoms with Gasteiger partial charge in [-0.05, 0) is 27.7 Å². The molecule has 0 saturated heterocycles. The number of aliphatic hydroxyl groups is 1. The SMILES string of the molecule is CC(C)(C)NC(=O)CNCC(C)(O)C(=O)O. The molecule has 0 aliphatic rings. The highest BCUT2D eigenvalue weighted by atomic mass is 16.4. The molecule has 1 atom stereocenters. The average molecular weight is 232 g/mol. The molecule has 0 bridgehead atoms. The van der Waals surface area contributed by atoms with Gasteiger partial charge in [0.15, 0.2) is 5.60 Å². The molecule has 0 spiro atoms. The molecule has 4 N–H and O–H groups in total. The first kappa shape index (κ1) is 14.9. The highest BCUT2D eigenvalue weighted by molar-refractivity contribution is 5.79. The Morgan fingerprint density at radius 3 is 2.06 bits per heavy atom. The Morgan fingerprint density at radius 2 is 1.69 bits per heavy atom. The molecule has 16 heavy (non-hydrogen) atoms. The minimum absolute atomic E-state index is 0.0271. The lowest BCUT2D eigenvalue weighted by Gasteiger charge is -2.22. The van der Waals surface area contributed by atoms with E-state index in [4.69, 9.17) is 5.11 Å². The van der Waals surface area contributed by atoms with Gasteiger partial charge in [-0.15, -0.1) is 0 Å². The van der Waals surface area contributed by atoms with Crippen LogP contribution >= 0.6 is 0 Å². The average Bonchev–Trinajstić information content (AvgIpc) is 1.99. The largest absolute Gasteiger partial charge is 0.479 e. The Labute approximate surface area is 95.0 Å². The quantitative estimate of drug-likeness (QED) is 0.504. The lowest BCUT2D eigenvalue weighted by Crippen LogP contribution is -2.49. The molecule has 0 radical (unpaired) electrons. The maximum absolute atomic E-state index is 11.3. The summed E-state index contributed by atoms with van der Waals surface area (Å²) in [5.41, 5.74) is -2.18. The van der Waals surface area contributed by atoms with Gasteiger partial charge in [-0.1, -0.05) is 0 Å². The van der Waals surface area contributed by atoms with Crippen LogP contribution in [0.25, 0.3) is 0 Å². The van der Waals surface area contributed by atoms with Crippen molar-refractivity contribution < 1.29 is 19.8 Å². The number of rotatable bonds is 5. The van der Waals surface area contributed by atoms with Crippen LogP contribution < -0.4 is 10.6 Å². The fourth-order valence-electron chi connectivity index (χ4n) is 0.957. The molecule has 0 aliphatic carbocycles. The van der Waals surface area contributed by atoms with Gasteiger partial charge < -0.3 is 20.8 Å². The van der Waals surface area contributed by atoms with Gasteiger partial charge >= 0.3 is 5.97 Å². The minimum atomic E-state index is -1.86. The van der Waals surface area contributed by atoms with Crippen LogP contribution in [0.15, 0.2) is 0 Å². The van der Waals surface area contributed by atoms with E-state index in [9.17, 15) is 14.7 Å². The van der Waals surface area contributed by atoms with Crippen molar-refractivity contribution in [1.29, 1.82) is 0 Å². The Hall–Kier alpha value is -1.14. The van der Waals surface area contributed by atoms with Crippen molar-refractivity contribution >= 4 is 11.9 Å². The summed E-state index contributed by atoms with van der Waals surface area (Å²) in [5, 5.41) is 23.2. The summed E-state index contributed by atoms with van der Waals surface area (Å²) in [7, 11) is 0. The van der Waals surface area contributed by atoms with E-state index in [2.05, 4.69) is 10.6 Å². The summed E-state index contributed by atoms with van der Waals surface area (Å²) < 4.78 is 0. The third-order valence-electron chi connectivity index (χ3n) is 1.73. The normalized spacial score (nSPS) is 15.3. The molecule has 0 aromatic carbocycles. The molecule has 1 unspecified atom stereocenters. The van der Waals surface area contributed by atoms with Gasteiger partial charge in [0.05, 0.1) is 6.54 Å². The Morgan fingerprint density at radius 1 is 1.19 bits per heavy atom. The van der Waals surface area contributed by atoms with E-state index in [-0.39, 0.29) is 24.5 Å². The zero-order valence-electron chi connectivity index (χ0n) is 10.1. The summed E-state index contributed by atoms with van der Waals surface area (Å²) >= 11 is 0. The van der Waals surface area contributed by atoms with Gasteiger partial charge in [0.25, 0.3) is 0 Å². The third-order valence-corrected chi connectivity index (χ3v) is 1.73. The smallest absolute Gasteiger partial charge is 0.336 e. The highest BCUT2D eigenvalue weighted by Crippen LogP contribution is 2.00. The third kappa shape index (κ3) is 6.36. The molecular formula is C10H20N2O4. The van der Waals surface area contributed by atoms with Gasteiger partial charge in [-0.3, -0.25) is 4.79 Å². The lowest BCUT2D eigenvalue weighted by atomic mass is 10.1. The molecule has 0 aromatic heterocycles. The van der Waals surface area contributed by atoms with Crippen LogP contribution in [0.4, 0.5) is 0 Å². The van der Waals surface area contributed by atoms with Crippen LogP contribution in [-0.2, 0) is 9.59 Å². The first-order chi connectivity index (χ1) is 7.04. The van der Waals surface area contributed by atoms with Crippen molar-refractivity contribution in [2.75, 3.05) is 13.1 Å². The fraction of sp³-hybridized carbons (Fsp3) is 0.800. The van der Waals surface area contributed by atoms with Crippen molar-refractivity contribution in [1.82, 2.24) is 10.6 Å². The summed E-state index contributed by atoms with van der Waals surface area (Å²) in [6.07, 6.45) is 0. The molecule has 0 aliphatic heterocycles. The van der Waals surface area contributed by atoms with Crippen LogP contribution in [0.5, 0.6) is 0 Å². The summed E-state index contributed by atoms with van der Waals surface area (Å²) in [6.45, 7) is 6.50. The first-order valence-electron chi connectivity index (χ1n) is 5.02. The maximum atomic E-state index is 11.3. The van der Waals surface area contributed by atoms with Crippen LogP contribution in [-0.4, -0.2) is 46.3 Å². The zero-order valence-corrected chi connectivity index (χ0v) is 10.1. The first-order valence-corrected chi connectivity index (χ1v) is 5.02. The second-order valence-electron chi connectivity index (χ2n) is 4.98. The molecular weight excluding hydrogens is 212 g/mol. The Kier molecular flexibility index (Phi) is 4.89. The predicted molar refractivity (Wildman–Crippen MR) is 59.0 cm³/mol. The number of carboxylic acids is 1. The lowest BCUT2D eigenvalue weighted by molar-refractivity contribution is -0.156. The van der Waals surface area contributed by atoms with E-state index in [1.165, 1.54) is 6.92 Å². The molecule has 6 nitrogen and oxygen atoms in total. The number of amides is 1. The van der Waals surface area contributed by atoms with E-state index in [1.54, 1.807) is 0 Å². The second kappa shape index (κ2) is 5.27. The number of carboxylic acid groups (broad SMARTS) is 1. The van der Waals surface area contributed by atoms with Gasteiger partial charge in [0.2, 0.25) is 5.91 Å². The van der Waals surface area contributed by atoms with Crippen molar-refractivity contribution in [2.24, 2.45) is 0 Å². The van der Waals surface area contributed by atoms with Gasteiger partial charge in [0.1, 0.15) is 0 Å². The molecule has 0 fully saturated rings.